The maximum atomic E-state index is 10.8. The molecule has 0 amide bonds. The zero-order valence-electron chi connectivity index (χ0n) is 9.91. The van der Waals surface area contributed by atoms with Crippen LogP contribution in [0.2, 0.25) is 0 Å². The van der Waals surface area contributed by atoms with E-state index in [1.165, 1.54) is 0 Å². The molecule has 0 heterocycles. The minimum atomic E-state index is -0.753. The lowest BCUT2D eigenvalue weighted by Crippen LogP contribution is -2.24. The van der Waals surface area contributed by atoms with Gasteiger partial charge in [0.15, 0.2) is 0 Å². The summed E-state index contributed by atoms with van der Waals surface area (Å²) in [6.07, 6.45) is 1.41. The number of aliphatic carboxylic acids is 1. The Morgan fingerprint density at radius 1 is 1.20 bits per heavy atom. The van der Waals surface area contributed by atoms with Crippen molar-refractivity contribution in [3.05, 3.63) is 0 Å². The fourth-order valence-electron chi connectivity index (χ4n) is 1.09. The molecule has 4 heteroatoms. The number of hydrogen-bond donors (Lipinski definition) is 1. The van der Waals surface area contributed by atoms with Crippen LogP contribution in [0.5, 0.6) is 0 Å². The van der Waals surface area contributed by atoms with Crippen LogP contribution in [0.25, 0.3) is 0 Å². The van der Waals surface area contributed by atoms with Gasteiger partial charge in [0.2, 0.25) is 0 Å². The van der Waals surface area contributed by atoms with Gasteiger partial charge in [-0.05, 0) is 33.6 Å². The molecule has 0 aliphatic carbocycles. The largest absolute Gasteiger partial charge is 0.481 e. The highest BCUT2D eigenvalue weighted by molar-refractivity contribution is 5.73. The quantitative estimate of drug-likeness (QED) is 0.601. The first-order valence-electron chi connectivity index (χ1n) is 5.39. The molecule has 15 heavy (non-hydrogen) atoms. The maximum absolute atomic E-state index is 10.8. The van der Waals surface area contributed by atoms with Gasteiger partial charge in [0.1, 0.15) is 0 Å². The minimum Gasteiger partial charge on any atom is -0.481 e. The summed E-state index contributed by atoms with van der Waals surface area (Å²) < 4.78 is 10.4. The SMILES string of the molecule is CCOCCOCCCC(C)(C)C(=O)O. The zero-order chi connectivity index (χ0) is 11.7. The van der Waals surface area contributed by atoms with Crippen molar-refractivity contribution >= 4 is 5.97 Å². The van der Waals surface area contributed by atoms with Crippen LogP contribution >= 0.6 is 0 Å². The van der Waals surface area contributed by atoms with E-state index in [0.29, 0.717) is 32.8 Å². The molecule has 0 fully saturated rings. The van der Waals surface area contributed by atoms with Gasteiger partial charge in [-0.15, -0.1) is 0 Å². The van der Waals surface area contributed by atoms with Crippen molar-refractivity contribution in [3.8, 4) is 0 Å². The Hall–Kier alpha value is -0.610. The molecule has 0 radical (unpaired) electrons. The van der Waals surface area contributed by atoms with Crippen LogP contribution in [-0.2, 0) is 14.3 Å². The van der Waals surface area contributed by atoms with Gasteiger partial charge in [0.25, 0.3) is 0 Å². The van der Waals surface area contributed by atoms with Crippen LogP contribution in [0.4, 0.5) is 0 Å². The molecule has 90 valence electrons. The predicted octanol–water partition coefficient (Wildman–Crippen LogP) is 1.93. The van der Waals surface area contributed by atoms with Gasteiger partial charge in [-0.3, -0.25) is 4.79 Å². The summed E-state index contributed by atoms with van der Waals surface area (Å²) in [5.41, 5.74) is -0.650. The van der Waals surface area contributed by atoms with Crippen LogP contribution in [0.3, 0.4) is 0 Å². The second-order valence-corrected chi connectivity index (χ2v) is 4.10. The topological polar surface area (TPSA) is 55.8 Å². The third kappa shape index (κ3) is 7.33. The highest BCUT2D eigenvalue weighted by Crippen LogP contribution is 2.22. The van der Waals surface area contributed by atoms with E-state index in [4.69, 9.17) is 14.6 Å². The molecule has 0 aliphatic rings. The predicted molar refractivity (Wildman–Crippen MR) is 58.0 cm³/mol. The number of carboxylic acid groups (broad SMARTS) is 1. The Kier molecular flexibility index (Phi) is 7.34. The molecule has 1 N–H and O–H groups in total. The smallest absolute Gasteiger partial charge is 0.309 e. The molecule has 0 rings (SSSR count). The highest BCUT2D eigenvalue weighted by Gasteiger charge is 2.25. The Bertz CT molecular complexity index is 177. The van der Waals surface area contributed by atoms with E-state index in [-0.39, 0.29) is 0 Å². The van der Waals surface area contributed by atoms with Crippen molar-refractivity contribution in [2.75, 3.05) is 26.4 Å². The fourth-order valence-corrected chi connectivity index (χ4v) is 1.09. The number of carbonyl (C=O) groups is 1. The highest BCUT2D eigenvalue weighted by atomic mass is 16.5. The molecule has 0 aromatic heterocycles. The Balaban J connectivity index is 3.35. The summed E-state index contributed by atoms with van der Waals surface area (Å²) in [7, 11) is 0. The molecule has 0 atom stereocenters. The van der Waals surface area contributed by atoms with Crippen LogP contribution < -0.4 is 0 Å². The zero-order valence-corrected chi connectivity index (χ0v) is 9.91. The summed E-state index contributed by atoms with van der Waals surface area (Å²) in [5, 5.41) is 8.85. The second kappa shape index (κ2) is 7.65. The summed E-state index contributed by atoms with van der Waals surface area (Å²) >= 11 is 0. The monoisotopic (exact) mass is 218 g/mol. The van der Waals surface area contributed by atoms with Gasteiger partial charge in [0, 0.05) is 13.2 Å². The van der Waals surface area contributed by atoms with E-state index in [9.17, 15) is 4.79 Å². The number of ether oxygens (including phenoxy) is 2. The maximum Gasteiger partial charge on any atom is 0.309 e. The van der Waals surface area contributed by atoms with Gasteiger partial charge in [-0.2, -0.15) is 0 Å². The van der Waals surface area contributed by atoms with Crippen molar-refractivity contribution in [1.29, 1.82) is 0 Å². The Morgan fingerprint density at radius 3 is 2.33 bits per heavy atom. The lowest BCUT2D eigenvalue weighted by Gasteiger charge is -2.18. The van der Waals surface area contributed by atoms with Gasteiger partial charge >= 0.3 is 5.97 Å². The van der Waals surface area contributed by atoms with Crippen molar-refractivity contribution < 1.29 is 19.4 Å². The van der Waals surface area contributed by atoms with Gasteiger partial charge in [-0.1, -0.05) is 0 Å². The van der Waals surface area contributed by atoms with Crippen molar-refractivity contribution in [2.24, 2.45) is 5.41 Å². The van der Waals surface area contributed by atoms with E-state index in [2.05, 4.69) is 0 Å². The van der Waals surface area contributed by atoms with Gasteiger partial charge in [0.05, 0.1) is 18.6 Å². The molecule has 4 nitrogen and oxygen atoms in total. The molecule has 0 spiro atoms. The normalized spacial score (nSPS) is 11.7. The number of hydrogen-bond acceptors (Lipinski definition) is 3. The average molecular weight is 218 g/mol. The summed E-state index contributed by atoms with van der Waals surface area (Å²) in [6, 6.07) is 0. The van der Waals surface area contributed by atoms with E-state index < -0.39 is 11.4 Å². The van der Waals surface area contributed by atoms with Gasteiger partial charge in [-0.25, -0.2) is 0 Å². The third-order valence-electron chi connectivity index (χ3n) is 2.25. The Morgan fingerprint density at radius 2 is 1.80 bits per heavy atom. The molecular weight excluding hydrogens is 196 g/mol. The summed E-state index contributed by atoms with van der Waals surface area (Å²) in [4.78, 5) is 10.8. The summed E-state index contributed by atoms with van der Waals surface area (Å²) in [6.45, 7) is 7.90. The van der Waals surface area contributed by atoms with E-state index >= 15 is 0 Å². The molecule has 0 unspecified atom stereocenters. The minimum absolute atomic E-state index is 0.585. The van der Waals surface area contributed by atoms with Gasteiger partial charge < -0.3 is 14.6 Å². The molecule has 0 saturated heterocycles. The fraction of sp³-hybridized carbons (Fsp3) is 0.909. The van der Waals surface area contributed by atoms with E-state index in [0.717, 1.165) is 6.42 Å². The van der Waals surface area contributed by atoms with Crippen molar-refractivity contribution in [2.45, 2.75) is 33.6 Å². The molecule has 0 bridgehead atoms. The third-order valence-corrected chi connectivity index (χ3v) is 2.25. The van der Waals surface area contributed by atoms with Crippen LogP contribution in [0, 0.1) is 5.41 Å². The Labute approximate surface area is 91.6 Å². The van der Waals surface area contributed by atoms with Crippen molar-refractivity contribution in [3.63, 3.8) is 0 Å². The molecule has 0 saturated carbocycles. The molecule has 0 aromatic carbocycles. The molecule has 0 aliphatic heterocycles. The van der Waals surface area contributed by atoms with E-state index in [1.807, 2.05) is 6.92 Å². The molecular formula is C11H22O4. The summed E-state index contributed by atoms with van der Waals surface area (Å²) in [5.74, 6) is -0.753. The standard InChI is InChI=1S/C11H22O4/c1-4-14-8-9-15-7-5-6-11(2,3)10(12)13/h4-9H2,1-3H3,(H,12,13). The second-order valence-electron chi connectivity index (χ2n) is 4.10. The lowest BCUT2D eigenvalue weighted by atomic mass is 9.88. The average Bonchev–Trinajstić information content (AvgIpc) is 2.16. The van der Waals surface area contributed by atoms with Crippen molar-refractivity contribution in [1.82, 2.24) is 0 Å². The van der Waals surface area contributed by atoms with E-state index in [1.54, 1.807) is 13.8 Å². The first kappa shape index (κ1) is 14.4. The lowest BCUT2D eigenvalue weighted by molar-refractivity contribution is -0.147. The number of rotatable bonds is 9. The molecule has 0 aromatic rings. The first-order valence-corrected chi connectivity index (χ1v) is 5.39. The number of carboxylic acids is 1. The van der Waals surface area contributed by atoms with Crippen LogP contribution in [0.1, 0.15) is 33.6 Å². The first-order chi connectivity index (χ1) is 7.00. The van der Waals surface area contributed by atoms with Crippen LogP contribution in [0.15, 0.2) is 0 Å². The van der Waals surface area contributed by atoms with Crippen LogP contribution in [-0.4, -0.2) is 37.5 Å².